The van der Waals surface area contributed by atoms with Gasteiger partial charge >= 0.3 is 0 Å². The number of nitrogens with one attached hydrogen (secondary N) is 1. The summed E-state index contributed by atoms with van der Waals surface area (Å²) < 4.78 is 0. The summed E-state index contributed by atoms with van der Waals surface area (Å²) in [7, 11) is 0. The van der Waals surface area contributed by atoms with Crippen molar-refractivity contribution in [2.24, 2.45) is 0 Å². The zero-order valence-electron chi connectivity index (χ0n) is 14.6. The van der Waals surface area contributed by atoms with Crippen LogP contribution in [0.2, 0.25) is 5.02 Å². The van der Waals surface area contributed by atoms with Crippen LogP contribution in [-0.2, 0) is 10.5 Å². The average Bonchev–Trinajstić information content (AvgIpc) is 2.61. The molecule has 2 rings (SSSR count). The van der Waals surface area contributed by atoms with Gasteiger partial charge in [-0.25, -0.2) is 0 Å². The monoisotopic (exact) mass is 393 g/mol. The molecule has 0 bridgehead atoms. The van der Waals surface area contributed by atoms with Crippen molar-refractivity contribution < 1.29 is 4.79 Å². The minimum atomic E-state index is -0.0667. The van der Waals surface area contributed by atoms with Crippen molar-refractivity contribution in [3.63, 3.8) is 0 Å². The molecule has 0 aromatic heterocycles. The van der Waals surface area contributed by atoms with Gasteiger partial charge in [0, 0.05) is 28.0 Å². The summed E-state index contributed by atoms with van der Waals surface area (Å²) in [6, 6.07) is 16.2. The normalized spacial score (nSPS) is 12.0. The quantitative estimate of drug-likeness (QED) is 0.446. The SMILES string of the molecule is CCC(Sc1ccc(Cl)cc1)C(=O)NCCSCc1cccc(C)c1. The van der Waals surface area contributed by atoms with E-state index in [1.54, 1.807) is 11.8 Å². The first-order valence-electron chi connectivity index (χ1n) is 8.41. The first-order chi connectivity index (χ1) is 12.1. The summed E-state index contributed by atoms with van der Waals surface area (Å²) in [4.78, 5) is 13.4. The number of rotatable bonds is 9. The highest BCUT2D eigenvalue weighted by Crippen LogP contribution is 2.26. The Morgan fingerprint density at radius 1 is 1.20 bits per heavy atom. The highest BCUT2D eigenvalue weighted by atomic mass is 35.5. The van der Waals surface area contributed by atoms with Gasteiger partial charge in [0.2, 0.25) is 5.91 Å². The smallest absolute Gasteiger partial charge is 0.233 e. The molecule has 134 valence electrons. The predicted molar refractivity (Wildman–Crippen MR) is 112 cm³/mol. The molecule has 2 aromatic carbocycles. The van der Waals surface area contributed by atoms with Crippen molar-refractivity contribution in [3.8, 4) is 0 Å². The highest BCUT2D eigenvalue weighted by Gasteiger charge is 2.17. The van der Waals surface area contributed by atoms with E-state index in [-0.39, 0.29) is 11.2 Å². The van der Waals surface area contributed by atoms with E-state index < -0.39 is 0 Å². The first-order valence-corrected chi connectivity index (χ1v) is 10.8. The topological polar surface area (TPSA) is 29.1 Å². The summed E-state index contributed by atoms with van der Waals surface area (Å²) in [5.74, 6) is 2.01. The second-order valence-electron chi connectivity index (χ2n) is 5.80. The molecule has 1 atom stereocenters. The van der Waals surface area contributed by atoms with E-state index in [1.165, 1.54) is 11.1 Å². The molecule has 1 unspecified atom stereocenters. The molecule has 0 saturated carbocycles. The van der Waals surface area contributed by atoms with Crippen molar-refractivity contribution >= 4 is 41.0 Å². The summed E-state index contributed by atoms with van der Waals surface area (Å²) in [5, 5.41) is 3.70. The molecule has 0 radical (unpaired) electrons. The van der Waals surface area contributed by atoms with Gasteiger partial charge in [0.1, 0.15) is 0 Å². The highest BCUT2D eigenvalue weighted by molar-refractivity contribution is 8.00. The Morgan fingerprint density at radius 2 is 1.96 bits per heavy atom. The molecule has 0 aliphatic heterocycles. The molecule has 1 N–H and O–H groups in total. The van der Waals surface area contributed by atoms with Gasteiger partial charge in [0.05, 0.1) is 5.25 Å². The molecule has 5 heteroatoms. The molecule has 25 heavy (non-hydrogen) atoms. The number of halogens is 1. The lowest BCUT2D eigenvalue weighted by Gasteiger charge is -2.14. The zero-order valence-corrected chi connectivity index (χ0v) is 17.0. The van der Waals surface area contributed by atoms with E-state index in [0.29, 0.717) is 11.6 Å². The molecule has 0 aliphatic rings. The lowest BCUT2D eigenvalue weighted by molar-refractivity contribution is -0.120. The Labute approximate surface area is 164 Å². The Hall–Kier alpha value is -1.10. The minimum absolute atomic E-state index is 0.0667. The third kappa shape index (κ3) is 7.35. The predicted octanol–water partition coefficient (Wildman–Crippen LogP) is 5.57. The number of benzene rings is 2. The molecule has 2 aromatic rings. The molecule has 2 nitrogen and oxygen atoms in total. The van der Waals surface area contributed by atoms with Crippen LogP contribution >= 0.6 is 35.1 Å². The summed E-state index contributed by atoms with van der Waals surface area (Å²) >= 11 is 9.34. The molecule has 0 saturated heterocycles. The van der Waals surface area contributed by atoms with E-state index in [4.69, 9.17) is 11.6 Å². The maximum atomic E-state index is 12.4. The van der Waals surface area contributed by atoms with Gasteiger partial charge in [-0.1, -0.05) is 48.4 Å². The van der Waals surface area contributed by atoms with E-state index in [0.717, 1.165) is 22.8 Å². The second kappa shape index (κ2) is 10.8. The van der Waals surface area contributed by atoms with Crippen LogP contribution in [-0.4, -0.2) is 23.5 Å². The van der Waals surface area contributed by atoms with Gasteiger partial charge in [0.25, 0.3) is 0 Å². The lowest BCUT2D eigenvalue weighted by Crippen LogP contribution is -2.33. The fourth-order valence-corrected chi connectivity index (χ4v) is 4.26. The molecular formula is C20H24ClNOS2. The Bertz CT molecular complexity index is 676. The number of carbonyl (C=O) groups excluding carboxylic acids is 1. The van der Waals surface area contributed by atoms with Crippen molar-refractivity contribution in [1.82, 2.24) is 5.32 Å². The van der Waals surface area contributed by atoms with Gasteiger partial charge in [-0.05, 0) is 43.2 Å². The van der Waals surface area contributed by atoms with Gasteiger partial charge in [-0.15, -0.1) is 11.8 Å². The number of hydrogen-bond acceptors (Lipinski definition) is 3. The molecule has 0 fully saturated rings. The molecular weight excluding hydrogens is 370 g/mol. The summed E-state index contributed by atoms with van der Waals surface area (Å²) in [6.45, 7) is 4.85. The van der Waals surface area contributed by atoms with Crippen molar-refractivity contribution in [2.45, 2.75) is 36.2 Å². The van der Waals surface area contributed by atoms with Crippen LogP contribution in [0.4, 0.5) is 0 Å². The molecule has 0 spiro atoms. The van der Waals surface area contributed by atoms with Crippen LogP contribution in [0.3, 0.4) is 0 Å². The van der Waals surface area contributed by atoms with Crippen molar-refractivity contribution in [2.75, 3.05) is 12.3 Å². The van der Waals surface area contributed by atoms with E-state index >= 15 is 0 Å². The van der Waals surface area contributed by atoms with Gasteiger partial charge in [0.15, 0.2) is 0 Å². The fraction of sp³-hybridized carbons (Fsp3) is 0.350. The number of carbonyl (C=O) groups is 1. The van der Waals surface area contributed by atoms with E-state index in [2.05, 4.69) is 36.5 Å². The van der Waals surface area contributed by atoms with Gasteiger partial charge < -0.3 is 5.32 Å². The minimum Gasteiger partial charge on any atom is -0.354 e. The summed E-state index contributed by atoms with van der Waals surface area (Å²) in [5.41, 5.74) is 2.62. The summed E-state index contributed by atoms with van der Waals surface area (Å²) in [6.07, 6.45) is 0.801. The molecule has 0 aliphatic carbocycles. The molecule has 1 amide bonds. The van der Waals surface area contributed by atoms with Crippen molar-refractivity contribution in [1.29, 1.82) is 0 Å². The van der Waals surface area contributed by atoms with Crippen LogP contribution < -0.4 is 5.32 Å². The fourth-order valence-electron chi connectivity index (χ4n) is 2.35. The third-order valence-corrected chi connectivity index (χ3v) is 6.31. The zero-order chi connectivity index (χ0) is 18.1. The maximum absolute atomic E-state index is 12.4. The van der Waals surface area contributed by atoms with Gasteiger partial charge in [-0.3, -0.25) is 4.79 Å². The average molecular weight is 394 g/mol. The third-order valence-electron chi connectivity index (χ3n) is 3.65. The standard InChI is InChI=1S/C20H24ClNOS2/c1-3-19(25-18-9-7-17(21)8-10-18)20(23)22-11-12-24-14-16-6-4-5-15(2)13-16/h4-10,13,19H,3,11-12,14H2,1-2H3,(H,22,23). The number of hydrogen-bond donors (Lipinski definition) is 1. The van der Waals surface area contributed by atoms with Crippen LogP contribution in [0.15, 0.2) is 53.4 Å². The number of thioether (sulfide) groups is 2. The van der Waals surface area contributed by atoms with Gasteiger partial charge in [-0.2, -0.15) is 11.8 Å². The second-order valence-corrected chi connectivity index (χ2v) is 8.62. The van der Waals surface area contributed by atoms with Crippen LogP contribution in [0.1, 0.15) is 24.5 Å². The Kier molecular flexibility index (Phi) is 8.73. The van der Waals surface area contributed by atoms with Crippen molar-refractivity contribution in [3.05, 3.63) is 64.7 Å². The van der Waals surface area contributed by atoms with Crippen LogP contribution in [0, 0.1) is 6.92 Å². The first kappa shape index (κ1) is 20.2. The lowest BCUT2D eigenvalue weighted by atomic mass is 10.2. The maximum Gasteiger partial charge on any atom is 0.233 e. The van der Waals surface area contributed by atoms with E-state index in [1.807, 2.05) is 43.0 Å². The van der Waals surface area contributed by atoms with Crippen LogP contribution in [0.25, 0.3) is 0 Å². The van der Waals surface area contributed by atoms with E-state index in [9.17, 15) is 4.79 Å². The van der Waals surface area contributed by atoms with Crippen LogP contribution in [0.5, 0.6) is 0 Å². The largest absolute Gasteiger partial charge is 0.354 e. The molecule has 0 heterocycles. The Balaban J connectivity index is 1.69. The number of aryl methyl sites for hydroxylation is 1. The number of amides is 1. The Morgan fingerprint density at radius 3 is 2.64 bits per heavy atom.